The first-order valence-electron chi connectivity index (χ1n) is 9.02. The standard InChI is InChI=1S/C24H17ClN2O2/c25-21-22(24(29)20-7-2-1-6-19(20)23(21)28)27-18-5-3-4-16(14-18)9-8-15-10-12-17(26)13-11-15/h1-14,27H,26H2/b9-8+. The summed E-state index contributed by atoms with van der Waals surface area (Å²) in [7, 11) is 0. The van der Waals surface area contributed by atoms with Crippen LogP contribution in [0.25, 0.3) is 12.2 Å². The van der Waals surface area contributed by atoms with Crippen molar-refractivity contribution in [2.75, 3.05) is 11.1 Å². The molecule has 1 aliphatic rings. The summed E-state index contributed by atoms with van der Waals surface area (Å²) in [5.41, 5.74) is 9.81. The molecule has 3 N–H and O–H groups in total. The molecule has 142 valence electrons. The van der Waals surface area contributed by atoms with Crippen LogP contribution in [0.15, 0.2) is 83.5 Å². The van der Waals surface area contributed by atoms with Gasteiger partial charge in [0.05, 0.1) is 0 Å². The Balaban J connectivity index is 1.59. The van der Waals surface area contributed by atoms with Crippen LogP contribution in [0.2, 0.25) is 0 Å². The lowest BCUT2D eigenvalue weighted by molar-refractivity contribution is 0.0982. The first kappa shape index (κ1) is 18.7. The average molecular weight is 401 g/mol. The molecule has 0 atom stereocenters. The van der Waals surface area contributed by atoms with Gasteiger partial charge in [-0.1, -0.05) is 72.3 Å². The smallest absolute Gasteiger partial charge is 0.211 e. The molecule has 4 nitrogen and oxygen atoms in total. The number of benzene rings is 3. The minimum absolute atomic E-state index is 0.0926. The summed E-state index contributed by atoms with van der Waals surface area (Å²) in [6.07, 6.45) is 3.92. The third-order valence-electron chi connectivity index (χ3n) is 4.62. The number of hydrogen-bond acceptors (Lipinski definition) is 4. The molecular weight excluding hydrogens is 384 g/mol. The van der Waals surface area contributed by atoms with Gasteiger partial charge in [-0.05, 0) is 35.4 Å². The number of nitrogens with two attached hydrogens (primary N) is 1. The van der Waals surface area contributed by atoms with Gasteiger partial charge in [0.15, 0.2) is 0 Å². The zero-order valence-corrected chi connectivity index (χ0v) is 16.1. The average Bonchev–Trinajstić information content (AvgIpc) is 2.75. The van der Waals surface area contributed by atoms with Crippen molar-refractivity contribution in [3.8, 4) is 0 Å². The SMILES string of the molecule is Nc1ccc(/C=C/c2cccc(NC3=C(Cl)C(=O)c4ccccc4C3=O)c2)cc1. The molecule has 4 rings (SSSR count). The summed E-state index contributed by atoms with van der Waals surface area (Å²) in [6, 6.07) is 21.7. The fraction of sp³-hybridized carbons (Fsp3) is 0. The quantitative estimate of drug-likeness (QED) is 0.455. The van der Waals surface area contributed by atoms with Crippen molar-refractivity contribution < 1.29 is 9.59 Å². The molecule has 3 aromatic rings. The second kappa shape index (κ2) is 7.78. The van der Waals surface area contributed by atoms with E-state index in [1.807, 2.05) is 60.7 Å². The highest BCUT2D eigenvalue weighted by Crippen LogP contribution is 2.29. The number of halogens is 1. The molecule has 1 aliphatic carbocycles. The maximum Gasteiger partial charge on any atom is 0.211 e. The first-order chi connectivity index (χ1) is 14.0. The fourth-order valence-electron chi connectivity index (χ4n) is 3.12. The number of ketones is 2. The Kier molecular flexibility index (Phi) is 5.02. The molecule has 29 heavy (non-hydrogen) atoms. The van der Waals surface area contributed by atoms with Crippen LogP contribution in [0.3, 0.4) is 0 Å². The van der Waals surface area contributed by atoms with E-state index in [1.54, 1.807) is 24.3 Å². The Morgan fingerprint density at radius 2 is 1.41 bits per heavy atom. The highest BCUT2D eigenvalue weighted by atomic mass is 35.5. The Hall–Kier alpha value is -3.63. The van der Waals surface area contributed by atoms with E-state index in [1.165, 1.54) is 0 Å². The molecule has 5 heteroatoms. The molecule has 0 bridgehead atoms. The van der Waals surface area contributed by atoms with Crippen LogP contribution in [-0.2, 0) is 0 Å². The number of nitrogens with one attached hydrogen (secondary N) is 1. The van der Waals surface area contributed by atoms with E-state index in [-0.39, 0.29) is 22.3 Å². The minimum Gasteiger partial charge on any atom is -0.399 e. The molecule has 0 saturated carbocycles. The summed E-state index contributed by atoms with van der Waals surface area (Å²) in [5.74, 6) is -0.656. The van der Waals surface area contributed by atoms with Crippen LogP contribution in [-0.4, -0.2) is 11.6 Å². The molecule has 0 aliphatic heterocycles. The Labute approximate surface area is 173 Å². The Morgan fingerprint density at radius 3 is 2.14 bits per heavy atom. The summed E-state index contributed by atoms with van der Waals surface area (Å²) < 4.78 is 0. The lowest BCUT2D eigenvalue weighted by Gasteiger charge is -2.19. The van der Waals surface area contributed by atoms with Crippen molar-refractivity contribution in [3.05, 3.63) is 106 Å². The second-order valence-corrected chi connectivity index (χ2v) is 7.02. The third kappa shape index (κ3) is 3.84. The molecule has 0 radical (unpaired) electrons. The number of Topliss-reactive ketones (excluding diaryl/α,β-unsaturated/α-hetero) is 2. The zero-order chi connectivity index (χ0) is 20.4. The second-order valence-electron chi connectivity index (χ2n) is 6.64. The highest BCUT2D eigenvalue weighted by Gasteiger charge is 2.31. The minimum atomic E-state index is -0.358. The van der Waals surface area contributed by atoms with Gasteiger partial charge in [0.25, 0.3) is 0 Å². The van der Waals surface area contributed by atoms with Gasteiger partial charge in [0.2, 0.25) is 11.6 Å². The van der Waals surface area contributed by atoms with E-state index in [4.69, 9.17) is 17.3 Å². The number of carbonyl (C=O) groups is 2. The van der Waals surface area contributed by atoms with Crippen LogP contribution in [0, 0.1) is 0 Å². The number of carbonyl (C=O) groups excluding carboxylic acids is 2. The number of fused-ring (bicyclic) bond motifs is 1. The van der Waals surface area contributed by atoms with Crippen LogP contribution < -0.4 is 11.1 Å². The van der Waals surface area contributed by atoms with E-state index in [0.29, 0.717) is 22.5 Å². The Morgan fingerprint density at radius 1 is 0.759 bits per heavy atom. The van der Waals surface area contributed by atoms with Crippen molar-refractivity contribution in [2.24, 2.45) is 0 Å². The van der Waals surface area contributed by atoms with E-state index >= 15 is 0 Å². The predicted molar refractivity (Wildman–Crippen MR) is 118 cm³/mol. The summed E-state index contributed by atoms with van der Waals surface area (Å²) in [4.78, 5) is 25.3. The topological polar surface area (TPSA) is 72.2 Å². The zero-order valence-electron chi connectivity index (χ0n) is 15.4. The Bertz CT molecular complexity index is 1180. The normalized spacial score (nSPS) is 13.7. The fourth-order valence-corrected chi connectivity index (χ4v) is 3.36. The number of hydrogen-bond donors (Lipinski definition) is 2. The molecule has 0 fully saturated rings. The molecule has 0 amide bonds. The molecule has 0 unspecified atom stereocenters. The van der Waals surface area contributed by atoms with Gasteiger partial charge in [-0.25, -0.2) is 0 Å². The van der Waals surface area contributed by atoms with Crippen molar-refractivity contribution in [3.63, 3.8) is 0 Å². The van der Waals surface area contributed by atoms with Gasteiger partial charge in [-0.3, -0.25) is 9.59 Å². The first-order valence-corrected chi connectivity index (χ1v) is 9.39. The predicted octanol–water partition coefficient (Wildman–Crippen LogP) is 5.38. The van der Waals surface area contributed by atoms with E-state index < -0.39 is 0 Å². The van der Waals surface area contributed by atoms with Crippen molar-refractivity contribution in [1.82, 2.24) is 0 Å². The van der Waals surface area contributed by atoms with Gasteiger partial charge in [-0.15, -0.1) is 0 Å². The van der Waals surface area contributed by atoms with Gasteiger partial charge in [-0.2, -0.15) is 0 Å². The maximum absolute atomic E-state index is 12.8. The van der Waals surface area contributed by atoms with Crippen molar-refractivity contribution in [1.29, 1.82) is 0 Å². The van der Waals surface area contributed by atoms with Crippen LogP contribution in [0.1, 0.15) is 31.8 Å². The molecule has 0 spiro atoms. The van der Waals surface area contributed by atoms with Gasteiger partial charge in [0, 0.05) is 22.5 Å². The third-order valence-corrected chi connectivity index (χ3v) is 4.98. The molecule has 0 saturated heterocycles. The number of anilines is 2. The summed E-state index contributed by atoms with van der Waals surface area (Å²) in [5, 5.41) is 2.92. The van der Waals surface area contributed by atoms with E-state index in [2.05, 4.69) is 5.32 Å². The van der Waals surface area contributed by atoms with Gasteiger partial charge in [0.1, 0.15) is 10.7 Å². The van der Waals surface area contributed by atoms with Crippen LogP contribution in [0.4, 0.5) is 11.4 Å². The number of rotatable bonds is 4. The van der Waals surface area contributed by atoms with E-state index in [0.717, 1.165) is 11.1 Å². The molecule has 0 heterocycles. The summed E-state index contributed by atoms with van der Waals surface area (Å²) >= 11 is 6.22. The lowest BCUT2D eigenvalue weighted by Crippen LogP contribution is -2.24. The largest absolute Gasteiger partial charge is 0.399 e. The molecule has 3 aromatic carbocycles. The van der Waals surface area contributed by atoms with Gasteiger partial charge < -0.3 is 11.1 Å². The lowest BCUT2D eigenvalue weighted by atomic mass is 9.92. The van der Waals surface area contributed by atoms with Crippen molar-refractivity contribution >= 4 is 46.7 Å². The molecule has 0 aromatic heterocycles. The van der Waals surface area contributed by atoms with Crippen LogP contribution in [0.5, 0.6) is 0 Å². The highest BCUT2D eigenvalue weighted by molar-refractivity contribution is 6.50. The molecular formula is C24H17ClN2O2. The maximum atomic E-state index is 12.8. The van der Waals surface area contributed by atoms with Crippen LogP contribution >= 0.6 is 11.6 Å². The number of allylic oxidation sites excluding steroid dienone is 2. The van der Waals surface area contributed by atoms with Crippen molar-refractivity contribution in [2.45, 2.75) is 0 Å². The summed E-state index contributed by atoms with van der Waals surface area (Å²) in [6.45, 7) is 0. The van der Waals surface area contributed by atoms with Gasteiger partial charge >= 0.3 is 0 Å². The monoisotopic (exact) mass is 400 g/mol. The number of nitrogen functional groups attached to an aromatic ring is 1. The van der Waals surface area contributed by atoms with E-state index in [9.17, 15) is 9.59 Å².